The van der Waals surface area contributed by atoms with Crippen LogP contribution in [0.2, 0.25) is 0 Å². The van der Waals surface area contributed by atoms with E-state index in [1.54, 1.807) is 0 Å². The average molecular weight is 529 g/mol. The molecule has 0 spiro atoms. The van der Waals surface area contributed by atoms with Crippen LogP contribution in [0.4, 0.5) is 0 Å². The lowest BCUT2D eigenvalue weighted by Gasteiger charge is -2.30. The van der Waals surface area contributed by atoms with Crippen LogP contribution in [0.5, 0.6) is 0 Å². The van der Waals surface area contributed by atoms with Gasteiger partial charge in [-0.1, -0.05) is 101 Å². The van der Waals surface area contributed by atoms with Gasteiger partial charge >= 0.3 is 5.63 Å². The van der Waals surface area contributed by atoms with Crippen molar-refractivity contribution in [1.29, 1.82) is 0 Å². The third kappa shape index (κ3) is 3.27. The molecule has 1 unspecified atom stereocenters. The molecule has 1 aliphatic carbocycles. The summed E-state index contributed by atoms with van der Waals surface area (Å²) in [6.45, 7) is 0. The zero-order chi connectivity index (χ0) is 24.2. The third-order valence-corrected chi connectivity index (χ3v) is 8.09. The number of hydrogen-bond acceptors (Lipinski definition) is 2. The minimum atomic E-state index is -0.282. The van der Waals surface area contributed by atoms with E-state index in [0.29, 0.717) is 11.0 Å². The van der Waals surface area contributed by atoms with Gasteiger partial charge in [-0.3, -0.25) is 0 Å². The van der Waals surface area contributed by atoms with E-state index in [0.717, 1.165) is 21.7 Å². The molecule has 0 radical (unpaired) electrons. The Kier molecular flexibility index (Phi) is 4.93. The maximum Gasteiger partial charge on any atom is 0.344 e. The second-order valence-electron chi connectivity index (χ2n) is 9.35. The Hall–Kier alpha value is -3.95. The molecule has 6 aromatic rings. The van der Waals surface area contributed by atoms with Crippen molar-refractivity contribution in [1.82, 2.24) is 0 Å². The predicted octanol–water partition coefficient (Wildman–Crippen LogP) is 8.73. The van der Waals surface area contributed by atoms with Crippen LogP contribution < -0.4 is 5.63 Å². The minimum absolute atomic E-state index is 0.168. The summed E-state index contributed by atoms with van der Waals surface area (Å²) in [7, 11) is 0. The third-order valence-electron chi connectivity index (χ3n) is 7.39. The fourth-order valence-electron chi connectivity index (χ4n) is 5.77. The smallest absolute Gasteiger partial charge is 0.344 e. The molecule has 7 rings (SSSR count). The molecule has 172 valence electrons. The molecule has 3 heteroatoms. The summed E-state index contributed by atoms with van der Waals surface area (Å²) in [5.41, 5.74) is 8.95. The molecule has 0 amide bonds. The van der Waals surface area contributed by atoms with Gasteiger partial charge in [-0.2, -0.15) is 0 Å². The van der Waals surface area contributed by atoms with Gasteiger partial charge in [-0.05, 0) is 69.6 Å². The van der Waals surface area contributed by atoms with Gasteiger partial charge in [0.15, 0.2) is 0 Å². The second-order valence-corrected chi connectivity index (χ2v) is 10.2. The van der Waals surface area contributed by atoms with Crippen molar-refractivity contribution in [3.05, 3.63) is 141 Å². The van der Waals surface area contributed by atoms with Gasteiger partial charge in [0.1, 0.15) is 5.58 Å². The minimum Gasteiger partial charge on any atom is -0.422 e. The van der Waals surface area contributed by atoms with Crippen molar-refractivity contribution in [2.45, 2.75) is 12.3 Å². The maximum absolute atomic E-state index is 13.0. The van der Waals surface area contributed by atoms with Crippen LogP contribution in [0.3, 0.4) is 0 Å². The fraction of sp³-hybridized carbons (Fsp3) is 0.0606. The maximum atomic E-state index is 13.0. The van der Waals surface area contributed by atoms with Gasteiger partial charge < -0.3 is 4.42 Å². The van der Waals surface area contributed by atoms with E-state index in [-0.39, 0.29) is 11.5 Å². The van der Waals surface area contributed by atoms with E-state index in [1.165, 1.54) is 38.9 Å². The summed E-state index contributed by atoms with van der Waals surface area (Å²) in [5, 5.41) is 2.56. The molecular formula is C33H21BrO2. The number of fused-ring (bicyclic) bond motifs is 6. The largest absolute Gasteiger partial charge is 0.422 e. The van der Waals surface area contributed by atoms with Crippen molar-refractivity contribution in [3.63, 3.8) is 0 Å². The number of hydrogen-bond donors (Lipinski definition) is 0. The highest BCUT2D eigenvalue weighted by molar-refractivity contribution is 9.10. The molecule has 36 heavy (non-hydrogen) atoms. The molecular weight excluding hydrogens is 508 g/mol. The Balaban J connectivity index is 1.48. The molecule has 1 aromatic heterocycles. The topological polar surface area (TPSA) is 30.2 Å². The normalized spacial score (nSPS) is 14.5. The van der Waals surface area contributed by atoms with Crippen LogP contribution >= 0.6 is 15.9 Å². The second kappa shape index (κ2) is 8.32. The monoisotopic (exact) mass is 528 g/mol. The Labute approximate surface area is 217 Å². The van der Waals surface area contributed by atoms with E-state index >= 15 is 0 Å². The van der Waals surface area contributed by atoms with Gasteiger partial charge in [0.05, 0.1) is 5.39 Å². The molecule has 1 heterocycles. The quantitative estimate of drug-likeness (QED) is 0.166. The molecule has 1 aliphatic rings. The van der Waals surface area contributed by atoms with Gasteiger partial charge in [0.25, 0.3) is 0 Å². The molecule has 0 fully saturated rings. The van der Waals surface area contributed by atoms with E-state index in [1.807, 2.05) is 30.3 Å². The Bertz CT molecular complexity index is 1860. The summed E-state index contributed by atoms with van der Waals surface area (Å²) in [5.74, 6) is 0.168. The standard InChI is InChI=1S/C33H21BrO2/c34-31-15-7-5-13-25(31)21-9-1-3-11-23(21)28-17-20-18-30-29(19-27(20)22-10-2-4-12-24(22)28)26-14-6-8-16-32(26)36-33(30)35/h1-16,18-19,28H,17H2. The SMILES string of the molecule is O=c1oc2ccccc2c2cc3c(cc12)CC(c1ccccc1-c1ccccc1Br)c1ccccc1-3. The molecule has 0 bridgehead atoms. The first kappa shape index (κ1) is 21.3. The first-order chi connectivity index (χ1) is 17.7. The van der Waals surface area contributed by atoms with E-state index in [9.17, 15) is 4.79 Å². The average Bonchev–Trinajstić information content (AvgIpc) is 2.92. The number of benzene rings is 5. The summed E-state index contributed by atoms with van der Waals surface area (Å²) in [4.78, 5) is 13.0. The molecule has 5 aromatic carbocycles. The highest BCUT2D eigenvalue weighted by atomic mass is 79.9. The molecule has 0 N–H and O–H groups in total. The lowest BCUT2D eigenvalue weighted by molar-refractivity contribution is 0.569. The van der Waals surface area contributed by atoms with E-state index in [2.05, 4.69) is 94.8 Å². The summed E-state index contributed by atoms with van der Waals surface area (Å²) < 4.78 is 6.76. The lowest BCUT2D eigenvalue weighted by atomic mass is 9.73. The van der Waals surface area contributed by atoms with Crippen LogP contribution in [0, 0.1) is 0 Å². The summed E-state index contributed by atoms with van der Waals surface area (Å²) in [6, 6.07) is 37.8. The Morgan fingerprint density at radius 1 is 0.611 bits per heavy atom. The molecule has 2 nitrogen and oxygen atoms in total. The highest BCUT2D eigenvalue weighted by Gasteiger charge is 2.28. The van der Waals surface area contributed by atoms with Gasteiger partial charge in [0, 0.05) is 21.2 Å². The number of rotatable bonds is 2. The highest BCUT2D eigenvalue weighted by Crippen LogP contribution is 2.47. The first-order valence-corrected chi connectivity index (χ1v) is 12.9. The van der Waals surface area contributed by atoms with Crippen LogP contribution in [0.25, 0.3) is 44.0 Å². The summed E-state index contributed by atoms with van der Waals surface area (Å²) >= 11 is 3.76. The Morgan fingerprint density at radius 3 is 1.97 bits per heavy atom. The number of para-hydroxylation sites is 1. The molecule has 0 saturated carbocycles. The lowest BCUT2D eigenvalue weighted by Crippen LogP contribution is -2.14. The number of halogens is 1. The van der Waals surface area contributed by atoms with Crippen molar-refractivity contribution >= 4 is 37.7 Å². The zero-order valence-electron chi connectivity index (χ0n) is 19.4. The molecule has 0 saturated heterocycles. The zero-order valence-corrected chi connectivity index (χ0v) is 21.0. The fourth-order valence-corrected chi connectivity index (χ4v) is 6.27. The van der Waals surface area contributed by atoms with Crippen molar-refractivity contribution in [3.8, 4) is 22.3 Å². The van der Waals surface area contributed by atoms with Crippen molar-refractivity contribution < 1.29 is 4.42 Å². The van der Waals surface area contributed by atoms with Crippen LogP contribution in [-0.4, -0.2) is 0 Å². The summed E-state index contributed by atoms with van der Waals surface area (Å²) in [6.07, 6.45) is 0.815. The van der Waals surface area contributed by atoms with E-state index < -0.39 is 0 Å². The van der Waals surface area contributed by atoms with Crippen LogP contribution in [-0.2, 0) is 6.42 Å². The molecule has 1 atom stereocenters. The van der Waals surface area contributed by atoms with Crippen LogP contribution in [0.1, 0.15) is 22.6 Å². The van der Waals surface area contributed by atoms with Crippen LogP contribution in [0.15, 0.2) is 123 Å². The predicted molar refractivity (Wildman–Crippen MR) is 151 cm³/mol. The van der Waals surface area contributed by atoms with Gasteiger partial charge in [-0.15, -0.1) is 0 Å². The molecule has 0 aliphatic heterocycles. The van der Waals surface area contributed by atoms with Gasteiger partial charge in [0.2, 0.25) is 0 Å². The Morgan fingerprint density at radius 2 is 1.22 bits per heavy atom. The van der Waals surface area contributed by atoms with Crippen molar-refractivity contribution in [2.24, 2.45) is 0 Å². The van der Waals surface area contributed by atoms with E-state index in [4.69, 9.17) is 4.42 Å². The first-order valence-electron chi connectivity index (χ1n) is 12.1. The van der Waals surface area contributed by atoms with Gasteiger partial charge in [-0.25, -0.2) is 4.79 Å². The van der Waals surface area contributed by atoms with Crippen molar-refractivity contribution in [2.75, 3.05) is 0 Å².